The first kappa shape index (κ1) is 14.7. The summed E-state index contributed by atoms with van der Waals surface area (Å²) in [4.78, 5) is 6.90. The van der Waals surface area contributed by atoms with E-state index in [4.69, 9.17) is 10.5 Å². The van der Waals surface area contributed by atoms with Gasteiger partial charge in [-0.25, -0.2) is 0 Å². The number of rotatable bonds is 3. The van der Waals surface area contributed by atoms with Crippen molar-refractivity contribution in [2.75, 3.05) is 24.6 Å². The van der Waals surface area contributed by atoms with Gasteiger partial charge in [0.1, 0.15) is 0 Å². The lowest BCUT2D eigenvalue weighted by molar-refractivity contribution is -0.155. The molecule has 118 valence electrons. The van der Waals surface area contributed by atoms with Crippen LogP contribution in [0.5, 0.6) is 0 Å². The largest absolute Gasteiger partial charge is 0.373 e. The van der Waals surface area contributed by atoms with Crippen LogP contribution in [0.15, 0.2) is 22.8 Å². The molecule has 22 heavy (non-hydrogen) atoms. The zero-order valence-corrected chi connectivity index (χ0v) is 14.3. The molecule has 2 bridgehead atoms. The molecule has 0 amide bonds. The maximum absolute atomic E-state index is 6.32. The van der Waals surface area contributed by atoms with E-state index < -0.39 is 0 Å². The summed E-state index contributed by atoms with van der Waals surface area (Å²) in [7, 11) is 0. The second-order valence-corrected chi connectivity index (χ2v) is 7.91. The van der Waals surface area contributed by atoms with Gasteiger partial charge in [0.2, 0.25) is 0 Å². The maximum Gasteiger partial charge on any atom is 0.0861 e. The normalized spacial score (nSPS) is 33.1. The first-order chi connectivity index (χ1) is 10.6. The van der Waals surface area contributed by atoms with Crippen LogP contribution in [0.2, 0.25) is 0 Å². The van der Waals surface area contributed by atoms with Crippen LogP contribution in [0.25, 0.3) is 6.08 Å². The number of ether oxygens (including phenoxy) is 1. The van der Waals surface area contributed by atoms with E-state index in [0.717, 1.165) is 62.0 Å². The van der Waals surface area contributed by atoms with E-state index in [1.54, 1.807) is 0 Å². The average molecular weight is 364 g/mol. The Morgan fingerprint density at radius 2 is 2.14 bits per heavy atom. The molecule has 0 radical (unpaired) electrons. The second-order valence-electron chi connectivity index (χ2n) is 6.99. The van der Waals surface area contributed by atoms with Crippen LogP contribution in [0.1, 0.15) is 37.8 Å². The molecular weight excluding hydrogens is 342 g/mol. The van der Waals surface area contributed by atoms with Gasteiger partial charge in [-0.2, -0.15) is 0 Å². The van der Waals surface area contributed by atoms with Gasteiger partial charge in [-0.15, -0.1) is 0 Å². The van der Waals surface area contributed by atoms with Crippen molar-refractivity contribution in [2.24, 2.45) is 5.73 Å². The molecular formula is C17H22BrN3O. The highest BCUT2D eigenvalue weighted by atomic mass is 79.9. The summed E-state index contributed by atoms with van der Waals surface area (Å²) in [5, 5.41) is 0. The van der Waals surface area contributed by atoms with Crippen LogP contribution in [0.4, 0.5) is 5.69 Å². The van der Waals surface area contributed by atoms with Crippen molar-refractivity contribution in [3.63, 3.8) is 0 Å². The molecule has 5 rings (SSSR count). The average Bonchev–Trinajstić information content (AvgIpc) is 2.54. The Labute approximate surface area is 139 Å². The van der Waals surface area contributed by atoms with Crippen molar-refractivity contribution in [3.05, 3.63) is 28.5 Å². The quantitative estimate of drug-likeness (QED) is 0.896. The monoisotopic (exact) mass is 363 g/mol. The van der Waals surface area contributed by atoms with Gasteiger partial charge in [0.25, 0.3) is 0 Å². The fourth-order valence-corrected chi connectivity index (χ4v) is 4.19. The Morgan fingerprint density at radius 1 is 1.32 bits per heavy atom. The minimum Gasteiger partial charge on any atom is -0.373 e. The molecule has 4 aliphatic rings. The highest BCUT2D eigenvalue weighted by Gasteiger charge is 2.47. The fourth-order valence-electron chi connectivity index (χ4n) is 3.87. The lowest BCUT2D eigenvalue weighted by Gasteiger charge is -2.52. The molecule has 2 N–H and O–H groups in total. The smallest absolute Gasteiger partial charge is 0.0861 e. The van der Waals surface area contributed by atoms with Crippen molar-refractivity contribution in [1.82, 2.24) is 4.98 Å². The molecule has 0 spiro atoms. The van der Waals surface area contributed by atoms with Gasteiger partial charge < -0.3 is 15.4 Å². The summed E-state index contributed by atoms with van der Waals surface area (Å²) in [6.07, 6.45) is 11.7. The number of hydrogen-bond donors (Lipinski definition) is 1. The standard InChI is InChI=1S/C17H22BrN3O/c18-13-10-15-14(20-11-13)2-1-8-21(15)9-7-17-5-3-16(19,4-6-17)12-22-17/h1-2,10-11H,3-9,12,19H2. The van der Waals surface area contributed by atoms with E-state index in [1.807, 2.05) is 6.20 Å². The highest BCUT2D eigenvalue weighted by Crippen LogP contribution is 2.44. The topological polar surface area (TPSA) is 51.4 Å². The third kappa shape index (κ3) is 2.59. The Bertz CT molecular complexity index is 591. The number of nitrogens with zero attached hydrogens (tertiary/aromatic N) is 2. The number of aromatic nitrogens is 1. The van der Waals surface area contributed by atoms with Crippen molar-refractivity contribution >= 4 is 27.7 Å². The second kappa shape index (κ2) is 5.32. The van der Waals surface area contributed by atoms with Crippen molar-refractivity contribution in [2.45, 2.75) is 43.2 Å². The predicted molar refractivity (Wildman–Crippen MR) is 91.9 cm³/mol. The van der Waals surface area contributed by atoms with Crippen LogP contribution in [0.3, 0.4) is 0 Å². The number of anilines is 1. The van der Waals surface area contributed by atoms with Crippen molar-refractivity contribution in [1.29, 1.82) is 0 Å². The van der Waals surface area contributed by atoms with Gasteiger partial charge in [-0.1, -0.05) is 6.08 Å². The SMILES string of the molecule is NC12CCC(CCN3CC=Cc4ncc(Br)cc43)(CC1)OC2. The molecule has 0 atom stereocenters. The summed E-state index contributed by atoms with van der Waals surface area (Å²) in [6.45, 7) is 2.69. The molecule has 1 saturated carbocycles. The lowest BCUT2D eigenvalue weighted by atomic mass is 9.70. The zero-order chi connectivity index (χ0) is 15.2. The van der Waals surface area contributed by atoms with E-state index in [9.17, 15) is 0 Å². The van der Waals surface area contributed by atoms with Crippen LogP contribution < -0.4 is 10.6 Å². The number of nitrogens with two attached hydrogens (primary N) is 1. The Kier molecular flexibility index (Phi) is 3.55. The van der Waals surface area contributed by atoms with Gasteiger partial charge in [0.05, 0.1) is 23.6 Å². The summed E-state index contributed by atoms with van der Waals surface area (Å²) in [6, 6.07) is 2.16. The summed E-state index contributed by atoms with van der Waals surface area (Å²) >= 11 is 3.53. The molecule has 1 aliphatic carbocycles. The molecule has 3 aliphatic heterocycles. The van der Waals surface area contributed by atoms with Gasteiger partial charge in [0, 0.05) is 29.3 Å². The van der Waals surface area contributed by atoms with Crippen LogP contribution in [-0.4, -0.2) is 35.8 Å². The first-order valence-electron chi connectivity index (χ1n) is 8.08. The van der Waals surface area contributed by atoms with E-state index in [-0.39, 0.29) is 11.1 Å². The van der Waals surface area contributed by atoms with Crippen LogP contribution in [0, 0.1) is 0 Å². The number of hydrogen-bond acceptors (Lipinski definition) is 4. The number of pyridine rings is 1. The van der Waals surface area contributed by atoms with E-state index in [0.29, 0.717) is 0 Å². The lowest BCUT2D eigenvalue weighted by Crippen LogP contribution is -2.60. The third-order valence-corrected chi connectivity index (χ3v) is 5.90. The fraction of sp³-hybridized carbons (Fsp3) is 0.588. The minimum absolute atomic E-state index is 0.0446. The van der Waals surface area contributed by atoms with Gasteiger partial charge in [-0.05, 0) is 60.2 Å². The predicted octanol–water partition coefficient (Wildman–Crippen LogP) is 3.11. The van der Waals surface area contributed by atoms with E-state index >= 15 is 0 Å². The van der Waals surface area contributed by atoms with Crippen molar-refractivity contribution < 1.29 is 4.74 Å². The van der Waals surface area contributed by atoms with E-state index in [2.05, 4.69) is 44.0 Å². The minimum atomic E-state index is -0.0446. The summed E-state index contributed by atoms with van der Waals surface area (Å²) in [5.41, 5.74) is 8.60. The Balaban J connectivity index is 1.47. The maximum atomic E-state index is 6.32. The Morgan fingerprint density at radius 3 is 2.86 bits per heavy atom. The highest BCUT2D eigenvalue weighted by molar-refractivity contribution is 9.10. The van der Waals surface area contributed by atoms with Crippen molar-refractivity contribution in [3.8, 4) is 0 Å². The summed E-state index contributed by atoms with van der Waals surface area (Å²) in [5.74, 6) is 0. The van der Waals surface area contributed by atoms with Crippen LogP contribution >= 0.6 is 15.9 Å². The number of halogens is 1. The molecule has 3 fully saturated rings. The molecule has 4 nitrogen and oxygen atoms in total. The molecule has 1 aromatic heterocycles. The molecule has 4 heterocycles. The summed E-state index contributed by atoms with van der Waals surface area (Å²) < 4.78 is 7.21. The number of fused-ring (bicyclic) bond motifs is 4. The molecule has 0 aromatic carbocycles. The molecule has 1 aromatic rings. The molecule has 0 unspecified atom stereocenters. The first-order valence-corrected chi connectivity index (χ1v) is 8.87. The molecule has 2 saturated heterocycles. The third-order valence-electron chi connectivity index (χ3n) is 5.47. The molecule has 5 heteroatoms. The van der Waals surface area contributed by atoms with Gasteiger partial charge >= 0.3 is 0 Å². The van der Waals surface area contributed by atoms with Gasteiger partial charge in [0.15, 0.2) is 0 Å². The van der Waals surface area contributed by atoms with E-state index in [1.165, 1.54) is 5.69 Å². The zero-order valence-electron chi connectivity index (χ0n) is 12.7. The Hall–Kier alpha value is -0.910. The van der Waals surface area contributed by atoms with Gasteiger partial charge in [-0.3, -0.25) is 4.98 Å². The van der Waals surface area contributed by atoms with Crippen LogP contribution in [-0.2, 0) is 4.74 Å².